The van der Waals surface area contributed by atoms with E-state index >= 15 is 0 Å². The summed E-state index contributed by atoms with van der Waals surface area (Å²) in [5.41, 5.74) is 1.62. The van der Waals surface area contributed by atoms with Gasteiger partial charge in [-0.15, -0.1) is 0 Å². The molecule has 3 atom stereocenters. The average Bonchev–Trinajstić information content (AvgIpc) is 3.65. The SMILES string of the molecule is CC1(C)C(NC(=O)c2ccc(CCCCCCOCC(=O)N[C@H](C(=O)N3C[C@H](O)C[C@H]3C(=O)NCc3ccc(C#N)cn3)C(C)(C)C)cc2)C(C)(C)C1Oc1ccc(C#N)c(Cl)c1. The third-order valence-corrected chi connectivity index (χ3v) is 12.4. The van der Waals surface area contributed by atoms with E-state index in [-0.39, 0.29) is 55.0 Å². The number of aromatic nitrogens is 1. The van der Waals surface area contributed by atoms with E-state index in [4.69, 9.17) is 26.3 Å². The second-order valence-electron chi connectivity index (χ2n) is 18.8. The third-order valence-electron chi connectivity index (χ3n) is 12.1. The summed E-state index contributed by atoms with van der Waals surface area (Å²) >= 11 is 6.23. The van der Waals surface area contributed by atoms with Gasteiger partial charge in [-0.2, -0.15) is 10.5 Å². The lowest BCUT2D eigenvalue weighted by molar-refractivity contribution is -0.164. The van der Waals surface area contributed by atoms with Crippen LogP contribution in [0.15, 0.2) is 60.8 Å². The minimum atomic E-state index is -0.962. The Morgan fingerprint density at radius 2 is 1.67 bits per heavy atom. The third kappa shape index (κ3) is 12.1. The smallest absolute Gasteiger partial charge is 0.251 e. The molecule has 0 radical (unpaired) electrons. The second-order valence-corrected chi connectivity index (χ2v) is 19.3. The second kappa shape index (κ2) is 20.8. The molecule has 14 nitrogen and oxygen atoms in total. The highest BCUT2D eigenvalue weighted by molar-refractivity contribution is 6.31. The molecule has 4 amide bonds. The van der Waals surface area contributed by atoms with Gasteiger partial charge in [0.1, 0.15) is 42.7 Å². The fourth-order valence-electron chi connectivity index (χ4n) is 8.90. The summed E-state index contributed by atoms with van der Waals surface area (Å²) in [6.45, 7) is 14.0. The Kier molecular flexibility index (Phi) is 16.0. The van der Waals surface area contributed by atoms with E-state index in [1.807, 2.05) is 51.1 Å². The van der Waals surface area contributed by atoms with E-state index in [2.05, 4.69) is 54.7 Å². The highest BCUT2D eigenvalue weighted by Crippen LogP contribution is 2.55. The highest BCUT2D eigenvalue weighted by atomic mass is 35.5. The van der Waals surface area contributed by atoms with Gasteiger partial charge >= 0.3 is 0 Å². The molecule has 1 saturated heterocycles. The van der Waals surface area contributed by atoms with Crippen LogP contribution in [0.4, 0.5) is 0 Å². The minimum absolute atomic E-state index is 0.0383. The standard InChI is InChI=1S/C48H60ClN7O7/c1-46(2,3)40(43(61)56-28-35(57)22-38(56)42(60)53-27-34-19-15-31(24-50)26-52-34)54-39(58)29-62-21-11-9-8-10-12-30-13-16-32(17-14-30)41(59)55-44-47(4,5)45(48(44,6)7)63-36-20-18-33(25-51)37(49)23-36/h13-20,23,26,35,38,40,44-45,57H,8-12,21-22,27-29H2,1-7H3,(H,53,60)(H,54,58)(H,55,59)/t35-,38+,40-,44?,45?/m1/s1. The summed E-state index contributed by atoms with van der Waals surface area (Å²) in [6.07, 6.45) is 4.83. The first-order chi connectivity index (χ1) is 29.8. The summed E-state index contributed by atoms with van der Waals surface area (Å²) in [4.78, 5) is 58.9. The minimum Gasteiger partial charge on any atom is -0.489 e. The molecule has 1 saturated carbocycles. The zero-order chi connectivity index (χ0) is 46.1. The van der Waals surface area contributed by atoms with Crippen LogP contribution in [0, 0.1) is 38.9 Å². The zero-order valence-electron chi connectivity index (χ0n) is 37.3. The van der Waals surface area contributed by atoms with Crippen LogP contribution in [0.1, 0.15) is 113 Å². The van der Waals surface area contributed by atoms with Crippen LogP contribution in [0.25, 0.3) is 0 Å². The van der Waals surface area contributed by atoms with Gasteiger partial charge in [0.15, 0.2) is 0 Å². The molecule has 4 N–H and O–H groups in total. The van der Waals surface area contributed by atoms with Crippen LogP contribution < -0.4 is 20.7 Å². The number of hydrogen-bond donors (Lipinski definition) is 4. The molecular weight excluding hydrogens is 822 g/mol. The fraction of sp³-hybridized carbons (Fsp3) is 0.521. The number of β-amino-alcohol motifs (C(OH)–C–C–N with tert-alkyl or cyclic N) is 1. The molecule has 2 aromatic carbocycles. The number of rotatable bonds is 18. The van der Waals surface area contributed by atoms with Crippen LogP contribution in [0.2, 0.25) is 5.02 Å². The first kappa shape index (κ1) is 48.5. The Morgan fingerprint density at radius 3 is 2.29 bits per heavy atom. The van der Waals surface area contributed by atoms with Gasteiger partial charge < -0.3 is 35.4 Å². The van der Waals surface area contributed by atoms with Gasteiger partial charge in [0.25, 0.3) is 5.91 Å². The van der Waals surface area contributed by atoms with Crippen molar-refractivity contribution in [3.63, 3.8) is 0 Å². The lowest BCUT2D eigenvalue weighted by Crippen LogP contribution is -2.74. The number of aliphatic hydroxyl groups is 1. The average molecular weight is 883 g/mol. The van der Waals surface area contributed by atoms with Gasteiger partial charge in [0, 0.05) is 54.3 Å². The zero-order valence-corrected chi connectivity index (χ0v) is 38.1. The highest BCUT2D eigenvalue weighted by Gasteiger charge is 2.64. The molecule has 3 aromatic rings. The van der Waals surface area contributed by atoms with E-state index in [1.165, 1.54) is 11.1 Å². The fourth-order valence-corrected chi connectivity index (χ4v) is 9.11. The molecule has 336 valence electrons. The predicted molar refractivity (Wildman–Crippen MR) is 237 cm³/mol. The number of nitriles is 2. The monoisotopic (exact) mass is 881 g/mol. The molecule has 1 aliphatic heterocycles. The number of carbonyl (C=O) groups excluding carboxylic acids is 4. The maximum atomic E-state index is 13.8. The molecule has 63 heavy (non-hydrogen) atoms. The molecule has 0 bridgehead atoms. The number of pyridine rings is 1. The number of likely N-dealkylation sites (tertiary alicyclic amines) is 1. The summed E-state index contributed by atoms with van der Waals surface area (Å²) in [5.74, 6) is -0.912. The molecular formula is C48H60ClN7O7. The number of halogens is 1. The summed E-state index contributed by atoms with van der Waals surface area (Å²) in [7, 11) is 0. The Balaban J connectivity index is 0.991. The molecule has 1 aliphatic carbocycles. The molecule has 0 unspecified atom stereocenters. The molecule has 2 heterocycles. The molecule has 2 aliphatic rings. The Hall–Kier alpha value is -5.54. The lowest BCUT2D eigenvalue weighted by Gasteiger charge is -2.63. The number of aryl methyl sites for hydroxylation is 1. The van der Waals surface area contributed by atoms with E-state index in [0.717, 1.165) is 37.7 Å². The van der Waals surface area contributed by atoms with Gasteiger partial charge in [0.05, 0.1) is 34.5 Å². The molecule has 2 fully saturated rings. The largest absolute Gasteiger partial charge is 0.489 e. The van der Waals surface area contributed by atoms with Crippen molar-refractivity contribution in [2.75, 3.05) is 19.8 Å². The van der Waals surface area contributed by atoms with Gasteiger partial charge in [-0.25, -0.2) is 0 Å². The number of amides is 4. The molecule has 0 spiro atoms. The van der Waals surface area contributed by atoms with Gasteiger partial charge in [-0.05, 0) is 66.6 Å². The van der Waals surface area contributed by atoms with Crippen molar-refractivity contribution in [2.45, 2.75) is 124 Å². The lowest BCUT2D eigenvalue weighted by atomic mass is 9.49. The number of nitrogens with one attached hydrogen (secondary N) is 3. The van der Waals surface area contributed by atoms with Crippen LogP contribution >= 0.6 is 11.6 Å². The van der Waals surface area contributed by atoms with E-state index in [1.54, 1.807) is 30.3 Å². The van der Waals surface area contributed by atoms with Crippen molar-refractivity contribution in [2.24, 2.45) is 16.2 Å². The first-order valence-electron chi connectivity index (χ1n) is 21.5. The number of hydrogen-bond acceptors (Lipinski definition) is 10. The molecule has 15 heteroatoms. The number of benzene rings is 2. The van der Waals surface area contributed by atoms with E-state index in [9.17, 15) is 29.5 Å². The summed E-state index contributed by atoms with van der Waals surface area (Å²) < 4.78 is 12.0. The number of carbonyl (C=O) groups is 4. The van der Waals surface area contributed by atoms with Crippen molar-refractivity contribution in [1.29, 1.82) is 10.5 Å². The summed E-state index contributed by atoms with van der Waals surface area (Å²) in [5, 5.41) is 37.8. The molecule has 5 rings (SSSR count). The van der Waals surface area contributed by atoms with Crippen molar-refractivity contribution in [3.05, 3.63) is 93.8 Å². The number of ether oxygens (including phenoxy) is 2. The van der Waals surface area contributed by atoms with Gasteiger partial charge in [-0.1, -0.05) is 85.0 Å². The Morgan fingerprint density at radius 1 is 0.968 bits per heavy atom. The molecule has 1 aromatic heterocycles. The van der Waals surface area contributed by atoms with Gasteiger partial charge in [-0.3, -0.25) is 24.2 Å². The number of nitrogens with zero attached hydrogens (tertiary/aromatic N) is 4. The van der Waals surface area contributed by atoms with Crippen molar-refractivity contribution in [3.8, 4) is 17.9 Å². The van der Waals surface area contributed by atoms with Crippen LogP contribution in [-0.4, -0.2) is 88.7 Å². The summed E-state index contributed by atoms with van der Waals surface area (Å²) in [6, 6.07) is 18.0. The number of unbranched alkanes of at least 4 members (excludes halogenated alkanes) is 3. The van der Waals surface area contributed by atoms with Crippen molar-refractivity contribution in [1.82, 2.24) is 25.8 Å². The van der Waals surface area contributed by atoms with E-state index in [0.29, 0.717) is 39.8 Å². The van der Waals surface area contributed by atoms with Gasteiger partial charge in [0.2, 0.25) is 17.7 Å². The maximum Gasteiger partial charge on any atom is 0.251 e. The van der Waals surface area contributed by atoms with E-state index < -0.39 is 41.3 Å². The quantitative estimate of drug-likeness (QED) is 0.109. The predicted octanol–water partition coefficient (Wildman–Crippen LogP) is 6.02. The number of aliphatic hydroxyl groups excluding tert-OH is 1. The normalized spacial score (nSPS) is 20.3. The Bertz CT molecular complexity index is 2180. The maximum absolute atomic E-state index is 13.8. The topological polar surface area (TPSA) is 207 Å². The Labute approximate surface area is 375 Å². The van der Waals surface area contributed by atoms with Crippen LogP contribution in [0.3, 0.4) is 0 Å². The van der Waals surface area contributed by atoms with Crippen LogP contribution in [0.5, 0.6) is 5.75 Å². The van der Waals surface area contributed by atoms with Crippen LogP contribution in [-0.2, 0) is 32.1 Å². The van der Waals surface area contributed by atoms with Crippen molar-refractivity contribution < 1.29 is 33.8 Å². The van der Waals surface area contributed by atoms with Crippen molar-refractivity contribution >= 4 is 35.2 Å². The first-order valence-corrected chi connectivity index (χ1v) is 21.9.